The maximum Gasteiger partial charge on any atom is 0.416 e. The van der Waals surface area contributed by atoms with E-state index in [1.165, 1.54) is 17.7 Å². The Hall–Kier alpha value is -2.74. The number of carbonyl (C=O) groups excluding carboxylic acids is 1. The summed E-state index contributed by atoms with van der Waals surface area (Å²) in [6.45, 7) is 3.28. The number of halogens is 3. The third-order valence-electron chi connectivity index (χ3n) is 4.83. The summed E-state index contributed by atoms with van der Waals surface area (Å²) < 4.78 is 48.2. The van der Waals surface area contributed by atoms with E-state index in [9.17, 15) is 18.0 Å². The molecule has 0 atom stereocenters. The summed E-state index contributed by atoms with van der Waals surface area (Å²) in [6.07, 6.45) is -4.39. The van der Waals surface area contributed by atoms with Gasteiger partial charge in [-0.15, -0.1) is 0 Å². The number of ether oxygens (including phenoxy) is 2. The van der Waals surface area contributed by atoms with Crippen molar-refractivity contribution < 1.29 is 27.4 Å². The van der Waals surface area contributed by atoms with Crippen molar-refractivity contribution >= 4 is 5.91 Å². The number of piperazine rings is 1. The lowest BCUT2D eigenvalue weighted by molar-refractivity contribution is -0.138. The molecule has 29 heavy (non-hydrogen) atoms. The fraction of sp³-hybridized carbons (Fsp3) is 0.381. The molecule has 2 aromatic carbocycles. The van der Waals surface area contributed by atoms with Crippen molar-refractivity contribution in [3.05, 3.63) is 59.7 Å². The quantitative estimate of drug-likeness (QED) is 0.735. The second-order valence-corrected chi connectivity index (χ2v) is 6.82. The average molecular weight is 408 g/mol. The summed E-state index contributed by atoms with van der Waals surface area (Å²) in [6, 6.07) is 12.2. The summed E-state index contributed by atoms with van der Waals surface area (Å²) in [5.74, 6) is 0.885. The van der Waals surface area contributed by atoms with Crippen LogP contribution in [0.3, 0.4) is 0 Å². The van der Waals surface area contributed by atoms with Crippen molar-refractivity contribution in [2.24, 2.45) is 0 Å². The van der Waals surface area contributed by atoms with E-state index < -0.39 is 11.7 Å². The summed E-state index contributed by atoms with van der Waals surface area (Å²) in [5, 5.41) is 0. The Kier molecular flexibility index (Phi) is 6.64. The van der Waals surface area contributed by atoms with Gasteiger partial charge < -0.3 is 14.4 Å². The van der Waals surface area contributed by atoms with Gasteiger partial charge in [0.05, 0.1) is 12.7 Å². The van der Waals surface area contributed by atoms with Crippen LogP contribution >= 0.6 is 0 Å². The highest BCUT2D eigenvalue weighted by atomic mass is 19.4. The molecule has 0 bridgehead atoms. The van der Waals surface area contributed by atoms with Crippen molar-refractivity contribution in [2.45, 2.75) is 12.7 Å². The molecule has 1 amide bonds. The third kappa shape index (κ3) is 5.87. The van der Waals surface area contributed by atoms with Gasteiger partial charge in [0.1, 0.15) is 11.5 Å². The first-order chi connectivity index (χ1) is 13.8. The number of benzene rings is 2. The van der Waals surface area contributed by atoms with Crippen molar-refractivity contribution in [1.82, 2.24) is 9.80 Å². The van der Waals surface area contributed by atoms with Gasteiger partial charge in [-0.2, -0.15) is 13.2 Å². The number of hydrogen-bond acceptors (Lipinski definition) is 4. The lowest BCUT2D eigenvalue weighted by atomic mass is 10.2. The Bertz CT molecular complexity index is 799. The highest BCUT2D eigenvalue weighted by Crippen LogP contribution is 2.30. The predicted octanol–water partition coefficient (Wildman–Crippen LogP) is 3.44. The fourth-order valence-electron chi connectivity index (χ4n) is 3.12. The zero-order valence-electron chi connectivity index (χ0n) is 16.1. The molecule has 0 saturated carbocycles. The monoisotopic (exact) mass is 408 g/mol. The minimum absolute atomic E-state index is 0.172. The van der Waals surface area contributed by atoms with Crippen molar-refractivity contribution in [3.8, 4) is 11.5 Å². The van der Waals surface area contributed by atoms with Gasteiger partial charge in [0.2, 0.25) is 0 Å². The molecule has 1 heterocycles. The highest BCUT2D eigenvalue weighted by Gasteiger charge is 2.30. The zero-order chi connectivity index (χ0) is 20.9. The first kappa shape index (κ1) is 21.0. The Morgan fingerprint density at radius 3 is 2.07 bits per heavy atom. The van der Waals surface area contributed by atoms with Gasteiger partial charge in [0.25, 0.3) is 5.91 Å². The van der Waals surface area contributed by atoms with Gasteiger partial charge in [-0.1, -0.05) is 12.1 Å². The van der Waals surface area contributed by atoms with E-state index in [1.807, 2.05) is 24.3 Å². The Balaban J connectivity index is 1.42. The van der Waals surface area contributed by atoms with Gasteiger partial charge in [-0.25, -0.2) is 0 Å². The maximum atomic E-state index is 12.6. The van der Waals surface area contributed by atoms with Crippen LogP contribution in [0.4, 0.5) is 13.2 Å². The van der Waals surface area contributed by atoms with Crippen molar-refractivity contribution in [1.29, 1.82) is 0 Å². The molecule has 3 rings (SSSR count). The third-order valence-corrected chi connectivity index (χ3v) is 4.83. The van der Waals surface area contributed by atoms with Crippen molar-refractivity contribution in [2.75, 3.05) is 39.9 Å². The average Bonchev–Trinajstić information content (AvgIpc) is 2.73. The van der Waals surface area contributed by atoms with Crippen LogP contribution in [-0.4, -0.2) is 55.6 Å². The second kappa shape index (κ2) is 9.17. The smallest absolute Gasteiger partial charge is 0.416 e. The lowest BCUT2D eigenvalue weighted by Gasteiger charge is -2.34. The molecule has 5 nitrogen and oxygen atoms in total. The van der Waals surface area contributed by atoms with Crippen LogP contribution in [0.1, 0.15) is 11.1 Å². The molecule has 8 heteroatoms. The minimum atomic E-state index is -4.39. The van der Waals surface area contributed by atoms with Gasteiger partial charge in [-0.3, -0.25) is 9.69 Å². The van der Waals surface area contributed by atoms with Crippen molar-refractivity contribution in [3.63, 3.8) is 0 Å². The van der Waals surface area contributed by atoms with Crippen LogP contribution in [0.25, 0.3) is 0 Å². The molecule has 1 saturated heterocycles. The molecule has 0 unspecified atom stereocenters. The Morgan fingerprint density at radius 1 is 0.931 bits per heavy atom. The van der Waals surface area contributed by atoms with Gasteiger partial charge in [-0.05, 0) is 42.0 Å². The molecule has 156 valence electrons. The summed E-state index contributed by atoms with van der Waals surface area (Å²) in [4.78, 5) is 16.3. The van der Waals surface area contributed by atoms with Gasteiger partial charge >= 0.3 is 6.18 Å². The van der Waals surface area contributed by atoms with E-state index in [2.05, 4.69) is 4.90 Å². The number of hydrogen-bond donors (Lipinski definition) is 0. The van der Waals surface area contributed by atoms with Crippen LogP contribution in [0.2, 0.25) is 0 Å². The van der Waals surface area contributed by atoms with Gasteiger partial charge in [0, 0.05) is 32.7 Å². The Labute approximate surface area is 167 Å². The SMILES string of the molecule is COc1ccc(CN2CCN(C(=O)COc3ccc(C(F)(F)F)cc3)CC2)cc1. The number of nitrogens with zero attached hydrogens (tertiary/aromatic N) is 2. The second-order valence-electron chi connectivity index (χ2n) is 6.82. The molecule has 0 aliphatic carbocycles. The highest BCUT2D eigenvalue weighted by molar-refractivity contribution is 5.77. The summed E-state index contributed by atoms with van der Waals surface area (Å²) in [5.41, 5.74) is 0.431. The number of carbonyl (C=O) groups is 1. The number of methoxy groups -OCH3 is 1. The summed E-state index contributed by atoms with van der Waals surface area (Å²) >= 11 is 0. The lowest BCUT2D eigenvalue weighted by Crippen LogP contribution is -2.49. The fourth-order valence-corrected chi connectivity index (χ4v) is 3.12. The summed E-state index contributed by atoms with van der Waals surface area (Å²) in [7, 11) is 1.63. The van der Waals surface area contributed by atoms with Crippen LogP contribution < -0.4 is 9.47 Å². The minimum Gasteiger partial charge on any atom is -0.497 e. The zero-order valence-corrected chi connectivity index (χ0v) is 16.1. The first-order valence-corrected chi connectivity index (χ1v) is 9.28. The topological polar surface area (TPSA) is 42.0 Å². The molecule has 1 aliphatic heterocycles. The molecule has 0 N–H and O–H groups in total. The van der Waals surface area contributed by atoms with E-state index >= 15 is 0 Å². The molecule has 1 fully saturated rings. The van der Waals surface area contributed by atoms with Crippen LogP contribution in [0.15, 0.2) is 48.5 Å². The van der Waals surface area contributed by atoms with E-state index in [1.54, 1.807) is 12.0 Å². The maximum absolute atomic E-state index is 12.6. The largest absolute Gasteiger partial charge is 0.497 e. The molecule has 1 aliphatic rings. The van der Waals surface area contributed by atoms with E-state index in [0.29, 0.717) is 13.1 Å². The van der Waals surface area contributed by atoms with Gasteiger partial charge in [0.15, 0.2) is 6.61 Å². The number of rotatable bonds is 6. The standard InChI is InChI=1S/C21H23F3N2O3/c1-28-18-6-2-16(3-7-18)14-25-10-12-26(13-11-25)20(27)15-29-19-8-4-17(5-9-19)21(22,23)24/h2-9H,10-15H2,1H3. The number of amides is 1. The first-order valence-electron chi connectivity index (χ1n) is 9.28. The van der Waals surface area contributed by atoms with E-state index in [4.69, 9.17) is 9.47 Å². The molecule has 2 aromatic rings. The van der Waals surface area contributed by atoms with E-state index in [0.717, 1.165) is 37.5 Å². The van der Waals surface area contributed by atoms with Crippen LogP contribution in [0, 0.1) is 0 Å². The van der Waals surface area contributed by atoms with Crippen LogP contribution in [-0.2, 0) is 17.5 Å². The normalized spacial score (nSPS) is 15.2. The number of alkyl halides is 3. The molecule has 0 spiro atoms. The molecular formula is C21H23F3N2O3. The predicted molar refractivity (Wildman–Crippen MR) is 102 cm³/mol. The van der Waals surface area contributed by atoms with E-state index in [-0.39, 0.29) is 18.3 Å². The molecule has 0 aromatic heterocycles. The molecular weight excluding hydrogens is 385 g/mol. The Morgan fingerprint density at radius 2 is 1.52 bits per heavy atom. The molecule has 0 radical (unpaired) electrons. The van der Waals surface area contributed by atoms with Crippen LogP contribution in [0.5, 0.6) is 11.5 Å².